The summed E-state index contributed by atoms with van der Waals surface area (Å²) < 4.78 is 0. The second-order valence-electron chi connectivity index (χ2n) is 1.69. The lowest BCUT2D eigenvalue weighted by atomic mass is 10.3. The van der Waals surface area contributed by atoms with Crippen LogP contribution in [0, 0.1) is 0 Å². The molecule has 0 spiro atoms. The van der Waals surface area contributed by atoms with Gasteiger partial charge in [-0.15, -0.1) is 11.3 Å². The van der Waals surface area contributed by atoms with E-state index in [1.807, 2.05) is 31.4 Å². The third kappa shape index (κ3) is 2.99. The van der Waals surface area contributed by atoms with Crippen molar-refractivity contribution in [1.29, 1.82) is 0 Å². The van der Waals surface area contributed by atoms with E-state index in [1.165, 1.54) is 0 Å². The molecule has 1 N–H and O–H groups in total. The van der Waals surface area contributed by atoms with E-state index in [4.69, 9.17) is 5.11 Å². The van der Waals surface area contributed by atoms with Gasteiger partial charge in [-0.2, -0.15) is 0 Å². The maximum Gasteiger partial charge on any atom is 0.0853 e. The Bertz CT molecular complexity index is 144. The summed E-state index contributed by atoms with van der Waals surface area (Å²) in [4.78, 5) is 1.03. The second kappa shape index (κ2) is 5.45. The average Bonchev–Trinajstić information content (AvgIpc) is 2.42. The lowest BCUT2D eigenvalue weighted by Crippen LogP contribution is -1.82. The summed E-state index contributed by atoms with van der Waals surface area (Å²) in [5, 5.41) is 10.9. The zero-order valence-corrected chi connectivity index (χ0v) is 7.48. The molecule has 0 aromatic carbocycles. The van der Waals surface area contributed by atoms with Crippen LogP contribution in [0.15, 0.2) is 17.5 Å². The molecule has 1 unspecified atom stereocenters. The molecule has 58 valence electrons. The molecule has 0 saturated heterocycles. The average molecular weight is 158 g/mol. The Morgan fingerprint density at radius 2 is 2.10 bits per heavy atom. The van der Waals surface area contributed by atoms with Crippen molar-refractivity contribution >= 4 is 11.3 Å². The van der Waals surface area contributed by atoms with Crippen molar-refractivity contribution in [2.45, 2.75) is 26.9 Å². The number of hydrogen-bond acceptors (Lipinski definition) is 2. The van der Waals surface area contributed by atoms with E-state index in [1.54, 1.807) is 18.3 Å². The molecule has 1 aromatic heterocycles. The zero-order chi connectivity index (χ0) is 7.98. The van der Waals surface area contributed by atoms with Gasteiger partial charge in [-0.3, -0.25) is 0 Å². The fourth-order valence-corrected chi connectivity index (χ4v) is 1.20. The molecule has 1 heterocycles. The van der Waals surface area contributed by atoms with Crippen LogP contribution in [0.25, 0.3) is 0 Å². The van der Waals surface area contributed by atoms with Crippen LogP contribution < -0.4 is 0 Å². The van der Waals surface area contributed by atoms with E-state index in [-0.39, 0.29) is 6.10 Å². The topological polar surface area (TPSA) is 20.2 Å². The van der Waals surface area contributed by atoms with Crippen molar-refractivity contribution in [1.82, 2.24) is 0 Å². The van der Waals surface area contributed by atoms with Crippen LogP contribution in [0.3, 0.4) is 0 Å². The third-order valence-corrected chi connectivity index (χ3v) is 2.00. The quantitative estimate of drug-likeness (QED) is 0.666. The Morgan fingerprint density at radius 1 is 1.50 bits per heavy atom. The minimum atomic E-state index is -0.296. The molecule has 0 fully saturated rings. The summed E-state index contributed by atoms with van der Waals surface area (Å²) in [6.07, 6.45) is -0.296. The first-order valence-corrected chi connectivity index (χ1v) is 4.40. The van der Waals surface area contributed by atoms with Gasteiger partial charge in [-0.1, -0.05) is 19.9 Å². The van der Waals surface area contributed by atoms with Crippen LogP contribution in [-0.4, -0.2) is 5.11 Å². The van der Waals surface area contributed by atoms with E-state index in [0.29, 0.717) is 0 Å². The molecule has 0 aliphatic carbocycles. The van der Waals surface area contributed by atoms with Gasteiger partial charge in [-0.25, -0.2) is 0 Å². The standard InChI is InChI=1S/C6H8OS.C2H6/c1-5(7)6-3-2-4-8-6;1-2/h2-5,7H,1H3;1-2H3. The molecular formula is C8H14OS. The van der Waals surface area contributed by atoms with Gasteiger partial charge >= 0.3 is 0 Å². The fourth-order valence-electron chi connectivity index (χ4n) is 0.529. The molecular weight excluding hydrogens is 144 g/mol. The largest absolute Gasteiger partial charge is 0.388 e. The first-order chi connectivity index (χ1) is 4.80. The maximum atomic E-state index is 8.92. The minimum Gasteiger partial charge on any atom is -0.388 e. The van der Waals surface area contributed by atoms with Crippen LogP contribution in [0.1, 0.15) is 31.8 Å². The molecule has 1 rings (SSSR count). The van der Waals surface area contributed by atoms with Gasteiger partial charge in [0.15, 0.2) is 0 Å². The zero-order valence-electron chi connectivity index (χ0n) is 6.66. The molecule has 1 aromatic rings. The number of aliphatic hydroxyl groups is 1. The Hall–Kier alpha value is -0.340. The molecule has 1 atom stereocenters. The van der Waals surface area contributed by atoms with Gasteiger partial charge < -0.3 is 5.11 Å². The number of thiophene rings is 1. The van der Waals surface area contributed by atoms with Crippen molar-refractivity contribution in [2.24, 2.45) is 0 Å². The summed E-state index contributed by atoms with van der Waals surface area (Å²) >= 11 is 1.58. The lowest BCUT2D eigenvalue weighted by molar-refractivity contribution is 0.203. The first kappa shape index (κ1) is 9.66. The minimum absolute atomic E-state index is 0.296. The van der Waals surface area contributed by atoms with E-state index in [0.717, 1.165) is 4.88 Å². The van der Waals surface area contributed by atoms with Gasteiger partial charge in [0.1, 0.15) is 0 Å². The first-order valence-electron chi connectivity index (χ1n) is 3.52. The summed E-state index contributed by atoms with van der Waals surface area (Å²) in [6.45, 7) is 5.77. The van der Waals surface area contributed by atoms with Crippen molar-refractivity contribution in [3.8, 4) is 0 Å². The van der Waals surface area contributed by atoms with E-state index in [9.17, 15) is 0 Å². The Balaban J connectivity index is 0.000000371. The SMILES string of the molecule is CC.CC(O)c1cccs1. The van der Waals surface area contributed by atoms with E-state index in [2.05, 4.69) is 0 Å². The van der Waals surface area contributed by atoms with Crippen molar-refractivity contribution in [2.75, 3.05) is 0 Å². The Kier molecular flexibility index (Phi) is 5.26. The molecule has 0 aliphatic heterocycles. The fraction of sp³-hybridized carbons (Fsp3) is 0.500. The highest BCUT2D eigenvalue weighted by Gasteiger charge is 1.97. The predicted octanol–water partition coefficient (Wildman–Crippen LogP) is 2.83. The molecule has 10 heavy (non-hydrogen) atoms. The van der Waals surface area contributed by atoms with E-state index >= 15 is 0 Å². The monoisotopic (exact) mass is 158 g/mol. The van der Waals surface area contributed by atoms with Crippen LogP contribution in [0.5, 0.6) is 0 Å². The van der Waals surface area contributed by atoms with Gasteiger partial charge in [0.25, 0.3) is 0 Å². The predicted molar refractivity (Wildman–Crippen MR) is 46.3 cm³/mol. The molecule has 0 saturated carbocycles. The van der Waals surface area contributed by atoms with Gasteiger partial charge in [-0.05, 0) is 18.4 Å². The maximum absolute atomic E-state index is 8.92. The Morgan fingerprint density at radius 3 is 2.30 bits per heavy atom. The van der Waals surface area contributed by atoms with E-state index < -0.39 is 0 Å². The molecule has 0 radical (unpaired) electrons. The molecule has 0 amide bonds. The highest BCUT2D eigenvalue weighted by atomic mass is 32.1. The van der Waals surface area contributed by atoms with Crippen LogP contribution in [0.4, 0.5) is 0 Å². The number of hydrogen-bond donors (Lipinski definition) is 1. The smallest absolute Gasteiger partial charge is 0.0853 e. The van der Waals surface area contributed by atoms with Gasteiger partial charge in [0, 0.05) is 4.88 Å². The van der Waals surface area contributed by atoms with Crippen LogP contribution >= 0.6 is 11.3 Å². The van der Waals surface area contributed by atoms with Crippen molar-refractivity contribution < 1.29 is 5.11 Å². The van der Waals surface area contributed by atoms with Gasteiger partial charge in [0.2, 0.25) is 0 Å². The molecule has 2 heteroatoms. The van der Waals surface area contributed by atoms with Gasteiger partial charge in [0.05, 0.1) is 6.10 Å². The second-order valence-corrected chi connectivity index (χ2v) is 2.67. The Labute approximate surface area is 66.3 Å². The highest BCUT2D eigenvalue weighted by Crippen LogP contribution is 2.16. The summed E-state index contributed by atoms with van der Waals surface area (Å²) in [5.74, 6) is 0. The summed E-state index contributed by atoms with van der Waals surface area (Å²) in [5.41, 5.74) is 0. The normalized spacial score (nSPS) is 11.6. The number of aliphatic hydroxyl groups excluding tert-OH is 1. The third-order valence-electron chi connectivity index (χ3n) is 0.955. The molecule has 1 nitrogen and oxygen atoms in total. The summed E-state index contributed by atoms with van der Waals surface area (Å²) in [7, 11) is 0. The van der Waals surface area contributed by atoms with Crippen molar-refractivity contribution in [3.05, 3.63) is 22.4 Å². The summed E-state index contributed by atoms with van der Waals surface area (Å²) in [6, 6.07) is 3.86. The lowest BCUT2D eigenvalue weighted by Gasteiger charge is -1.95. The molecule has 0 bridgehead atoms. The van der Waals surface area contributed by atoms with Crippen LogP contribution in [0.2, 0.25) is 0 Å². The molecule has 0 aliphatic rings. The highest BCUT2D eigenvalue weighted by molar-refractivity contribution is 7.10. The van der Waals surface area contributed by atoms with Crippen LogP contribution in [-0.2, 0) is 0 Å². The number of rotatable bonds is 1. The van der Waals surface area contributed by atoms with Crippen molar-refractivity contribution in [3.63, 3.8) is 0 Å².